The highest BCUT2D eigenvalue weighted by Gasteiger charge is 2.32. The van der Waals surface area contributed by atoms with Gasteiger partial charge < -0.3 is 20.1 Å². The lowest BCUT2D eigenvalue weighted by Crippen LogP contribution is -2.39. The lowest BCUT2D eigenvalue weighted by atomic mass is 9.86. The Hall–Kier alpha value is -3.09. The second-order valence-electron chi connectivity index (χ2n) is 9.01. The van der Waals surface area contributed by atoms with Gasteiger partial charge in [-0.25, -0.2) is 13.1 Å². The molecule has 208 valence electrons. The van der Waals surface area contributed by atoms with E-state index in [1.807, 2.05) is 12.1 Å². The number of carbonyl (C=O) groups excluding carboxylic acids is 1. The summed E-state index contributed by atoms with van der Waals surface area (Å²) in [6, 6.07) is 9.25. The number of ether oxygens (including phenoxy) is 2. The molecular formula is C26H32F3N3O5S. The fraction of sp³-hybridized carbons (Fsp3) is 0.423. The first-order valence-electron chi connectivity index (χ1n) is 12.2. The van der Waals surface area contributed by atoms with E-state index in [-0.39, 0.29) is 18.4 Å². The molecule has 0 radical (unpaired) electrons. The second kappa shape index (κ2) is 13.1. The predicted octanol–water partition coefficient (Wildman–Crippen LogP) is 4.09. The van der Waals surface area contributed by atoms with Gasteiger partial charge in [-0.2, -0.15) is 0 Å². The molecule has 0 saturated carbocycles. The van der Waals surface area contributed by atoms with E-state index in [2.05, 4.69) is 32.7 Å². The number of benzene rings is 2. The molecule has 2 aromatic carbocycles. The number of fused-ring (bicyclic) bond motifs is 1. The van der Waals surface area contributed by atoms with Gasteiger partial charge in [0.25, 0.3) is 0 Å². The standard InChI is InChI=1S/C26H32F3N3O5S/c1-3-36-13-12-30-17-19-10-11-23-20(15-19)6-4-9-24(23)31-25(33)14-18(2)32-38(34,35)22-8-5-7-21(16-22)37-26(27,28)29/h3,5,7-8,10-11,15-16,18,24,30,32H,1,4,6,9,12-14,17H2,2H3,(H,31,33)/t18-,24+/m0/s1. The van der Waals surface area contributed by atoms with Crippen LogP contribution in [0.1, 0.15) is 48.9 Å². The summed E-state index contributed by atoms with van der Waals surface area (Å²) in [7, 11) is -4.18. The minimum atomic E-state index is -4.95. The number of aryl methyl sites for hydroxylation is 1. The number of nitrogens with one attached hydrogen (secondary N) is 3. The molecule has 3 N–H and O–H groups in total. The third-order valence-electron chi connectivity index (χ3n) is 5.90. The van der Waals surface area contributed by atoms with Crippen molar-refractivity contribution in [3.05, 3.63) is 72.0 Å². The van der Waals surface area contributed by atoms with Gasteiger partial charge in [0.1, 0.15) is 5.75 Å². The van der Waals surface area contributed by atoms with Crippen molar-refractivity contribution in [3.8, 4) is 5.75 Å². The van der Waals surface area contributed by atoms with E-state index in [4.69, 9.17) is 4.74 Å². The maximum Gasteiger partial charge on any atom is 0.573 e. The lowest BCUT2D eigenvalue weighted by Gasteiger charge is -2.27. The van der Waals surface area contributed by atoms with Crippen LogP contribution in [-0.4, -0.2) is 39.9 Å². The maximum atomic E-state index is 12.7. The normalized spacial score (nSPS) is 16.3. The Morgan fingerprint density at radius 2 is 2.03 bits per heavy atom. The van der Waals surface area contributed by atoms with Gasteiger partial charge in [-0.05, 0) is 55.0 Å². The lowest BCUT2D eigenvalue weighted by molar-refractivity contribution is -0.274. The molecule has 0 aliphatic heterocycles. The van der Waals surface area contributed by atoms with Gasteiger partial charge in [-0.15, -0.1) is 13.2 Å². The number of sulfonamides is 1. The Morgan fingerprint density at radius 1 is 1.24 bits per heavy atom. The fourth-order valence-corrected chi connectivity index (χ4v) is 5.60. The number of alkyl halides is 3. The monoisotopic (exact) mass is 555 g/mol. The number of amides is 1. The van der Waals surface area contributed by atoms with Crippen LogP contribution in [0.4, 0.5) is 13.2 Å². The largest absolute Gasteiger partial charge is 0.573 e. The van der Waals surface area contributed by atoms with Crippen LogP contribution < -0.4 is 20.1 Å². The number of hydrogen-bond donors (Lipinski definition) is 3. The molecular weight excluding hydrogens is 523 g/mol. The van der Waals surface area contributed by atoms with Crippen molar-refractivity contribution in [2.45, 2.75) is 62.5 Å². The summed E-state index contributed by atoms with van der Waals surface area (Å²) < 4.78 is 74.0. The number of carbonyl (C=O) groups is 1. The van der Waals surface area contributed by atoms with Crippen molar-refractivity contribution < 1.29 is 35.9 Å². The molecule has 38 heavy (non-hydrogen) atoms. The Kier molecular flexibility index (Phi) is 10.2. The molecule has 0 bridgehead atoms. The quantitative estimate of drug-likeness (QED) is 0.254. The molecule has 0 heterocycles. The molecule has 0 fully saturated rings. The zero-order chi connectivity index (χ0) is 27.8. The number of hydrogen-bond acceptors (Lipinski definition) is 6. The van der Waals surface area contributed by atoms with Crippen molar-refractivity contribution in [3.63, 3.8) is 0 Å². The molecule has 0 aromatic heterocycles. The van der Waals surface area contributed by atoms with E-state index in [1.54, 1.807) is 0 Å². The first-order valence-corrected chi connectivity index (χ1v) is 13.7. The topological polar surface area (TPSA) is 106 Å². The van der Waals surface area contributed by atoms with E-state index >= 15 is 0 Å². The Bertz CT molecular complexity index is 1220. The summed E-state index contributed by atoms with van der Waals surface area (Å²) in [5.74, 6) is -0.984. The van der Waals surface area contributed by atoms with Crippen LogP contribution in [-0.2, 0) is 32.5 Å². The minimum absolute atomic E-state index is 0.140. The van der Waals surface area contributed by atoms with Crippen molar-refractivity contribution in [2.75, 3.05) is 13.2 Å². The van der Waals surface area contributed by atoms with Gasteiger partial charge in [-0.1, -0.05) is 30.8 Å². The first-order chi connectivity index (χ1) is 18.0. The zero-order valence-corrected chi connectivity index (χ0v) is 21.8. The highest BCUT2D eigenvalue weighted by atomic mass is 32.2. The van der Waals surface area contributed by atoms with Crippen LogP contribution in [0.5, 0.6) is 5.75 Å². The second-order valence-corrected chi connectivity index (χ2v) is 10.7. The highest BCUT2D eigenvalue weighted by Crippen LogP contribution is 2.31. The van der Waals surface area contributed by atoms with Crippen molar-refractivity contribution >= 4 is 15.9 Å². The Labute approximate surface area is 220 Å². The molecule has 2 atom stereocenters. The summed E-state index contributed by atoms with van der Waals surface area (Å²) >= 11 is 0. The van der Waals surface area contributed by atoms with Gasteiger partial charge in [0.2, 0.25) is 15.9 Å². The van der Waals surface area contributed by atoms with Crippen molar-refractivity contribution in [1.82, 2.24) is 15.4 Å². The predicted molar refractivity (Wildman–Crippen MR) is 136 cm³/mol. The van der Waals surface area contributed by atoms with Crippen molar-refractivity contribution in [1.29, 1.82) is 0 Å². The van der Waals surface area contributed by atoms with Gasteiger partial charge in [0.05, 0.1) is 23.8 Å². The molecule has 0 spiro atoms. The Morgan fingerprint density at radius 3 is 2.76 bits per heavy atom. The molecule has 0 saturated heterocycles. The zero-order valence-electron chi connectivity index (χ0n) is 21.0. The van der Waals surface area contributed by atoms with E-state index in [9.17, 15) is 26.4 Å². The van der Waals surface area contributed by atoms with Gasteiger partial charge in [0, 0.05) is 31.6 Å². The maximum absolute atomic E-state index is 12.7. The molecule has 0 unspecified atom stereocenters. The van der Waals surface area contributed by atoms with Crippen LogP contribution in [0.15, 0.2) is 60.2 Å². The Balaban J connectivity index is 1.55. The van der Waals surface area contributed by atoms with Crippen LogP contribution in [0.2, 0.25) is 0 Å². The molecule has 1 amide bonds. The van der Waals surface area contributed by atoms with Gasteiger partial charge >= 0.3 is 6.36 Å². The highest BCUT2D eigenvalue weighted by molar-refractivity contribution is 7.89. The summed E-state index contributed by atoms with van der Waals surface area (Å²) in [5, 5.41) is 6.29. The van der Waals surface area contributed by atoms with E-state index < -0.39 is 33.1 Å². The molecule has 2 aromatic rings. The third kappa shape index (κ3) is 9.03. The number of halogens is 3. The molecule has 1 aliphatic rings. The van der Waals surface area contributed by atoms with Crippen LogP contribution in [0.3, 0.4) is 0 Å². The molecule has 8 nitrogen and oxygen atoms in total. The smallest absolute Gasteiger partial charge is 0.500 e. The molecule has 1 aliphatic carbocycles. The number of rotatable bonds is 13. The van der Waals surface area contributed by atoms with Crippen LogP contribution in [0, 0.1) is 0 Å². The van der Waals surface area contributed by atoms with E-state index in [0.717, 1.165) is 60.2 Å². The summed E-state index contributed by atoms with van der Waals surface area (Å²) in [4.78, 5) is 12.3. The van der Waals surface area contributed by atoms with E-state index in [1.165, 1.54) is 13.2 Å². The van der Waals surface area contributed by atoms with E-state index in [0.29, 0.717) is 19.7 Å². The third-order valence-corrected chi connectivity index (χ3v) is 7.49. The summed E-state index contributed by atoms with van der Waals surface area (Å²) in [6.45, 7) is 6.93. The summed E-state index contributed by atoms with van der Waals surface area (Å²) in [5.41, 5.74) is 3.33. The first kappa shape index (κ1) is 29.5. The van der Waals surface area contributed by atoms with Crippen molar-refractivity contribution in [2.24, 2.45) is 0 Å². The van der Waals surface area contributed by atoms with Crippen LogP contribution >= 0.6 is 0 Å². The van der Waals surface area contributed by atoms with Gasteiger partial charge in [-0.3, -0.25) is 4.79 Å². The fourth-order valence-electron chi connectivity index (χ4n) is 4.32. The summed E-state index contributed by atoms with van der Waals surface area (Å²) in [6.07, 6.45) is -1.11. The average molecular weight is 556 g/mol. The average Bonchev–Trinajstić information content (AvgIpc) is 2.82. The SMILES string of the molecule is C=COCCNCc1ccc2c(c1)CCC[C@H]2NC(=O)C[C@H](C)NS(=O)(=O)c1cccc(OC(F)(F)F)c1. The molecule has 3 rings (SSSR count). The van der Waals surface area contributed by atoms with Gasteiger partial charge in [0.15, 0.2) is 0 Å². The minimum Gasteiger partial charge on any atom is -0.500 e. The van der Waals surface area contributed by atoms with Crippen LogP contribution in [0.25, 0.3) is 0 Å². The molecule has 12 heteroatoms.